The van der Waals surface area contributed by atoms with Crippen LogP contribution in [0.1, 0.15) is 12.8 Å². The van der Waals surface area contributed by atoms with Gasteiger partial charge >= 0.3 is 5.97 Å². The summed E-state index contributed by atoms with van der Waals surface area (Å²) in [6.07, 6.45) is 1.37. The minimum Gasteiger partial charge on any atom is -0.460 e. The third kappa shape index (κ3) is 4.87. The average molecular weight is 173 g/mol. The van der Waals surface area contributed by atoms with Crippen LogP contribution in [0.25, 0.3) is 0 Å². The van der Waals surface area contributed by atoms with E-state index in [0.717, 1.165) is 0 Å². The van der Waals surface area contributed by atoms with Crippen molar-refractivity contribution in [1.29, 1.82) is 0 Å². The molecule has 0 aliphatic rings. The molecule has 12 heavy (non-hydrogen) atoms. The van der Waals surface area contributed by atoms with Crippen LogP contribution in [0.3, 0.4) is 0 Å². The zero-order valence-electron chi connectivity index (χ0n) is 7.03. The molecule has 0 aromatic carbocycles. The van der Waals surface area contributed by atoms with E-state index >= 15 is 0 Å². The molecular formula is C8H15NO3. The Labute approximate surface area is 72.0 Å². The SMILES string of the molecule is C=CCOC(=O)[C@@H](O)CCCN. The van der Waals surface area contributed by atoms with Crippen LogP contribution in [-0.4, -0.2) is 30.3 Å². The lowest BCUT2D eigenvalue weighted by molar-refractivity contribution is -0.152. The predicted molar refractivity (Wildman–Crippen MR) is 45.5 cm³/mol. The van der Waals surface area contributed by atoms with E-state index in [-0.39, 0.29) is 6.61 Å². The standard InChI is InChI=1S/C8H15NO3/c1-2-6-12-8(11)7(10)4-3-5-9/h2,7,10H,1,3-6,9H2/t7-/m0/s1. The maximum Gasteiger partial charge on any atom is 0.335 e. The first-order chi connectivity index (χ1) is 5.72. The number of ether oxygens (including phenoxy) is 1. The van der Waals surface area contributed by atoms with E-state index in [1.165, 1.54) is 6.08 Å². The van der Waals surface area contributed by atoms with E-state index in [0.29, 0.717) is 19.4 Å². The lowest BCUT2D eigenvalue weighted by Crippen LogP contribution is -2.23. The number of aliphatic hydroxyl groups is 1. The van der Waals surface area contributed by atoms with Crippen LogP contribution in [0.15, 0.2) is 12.7 Å². The first-order valence-electron chi connectivity index (χ1n) is 3.88. The normalized spacial score (nSPS) is 12.2. The number of esters is 1. The Balaban J connectivity index is 3.53. The fourth-order valence-electron chi connectivity index (χ4n) is 0.666. The molecule has 0 saturated carbocycles. The Bertz CT molecular complexity index is 147. The quantitative estimate of drug-likeness (QED) is 0.431. The highest BCUT2D eigenvalue weighted by Crippen LogP contribution is 1.98. The van der Waals surface area contributed by atoms with Crippen LogP contribution < -0.4 is 5.73 Å². The molecule has 0 rings (SSSR count). The molecule has 0 saturated heterocycles. The molecule has 0 unspecified atom stereocenters. The molecule has 0 bridgehead atoms. The van der Waals surface area contributed by atoms with Gasteiger partial charge in [0, 0.05) is 0 Å². The second-order valence-electron chi connectivity index (χ2n) is 2.37. The van der Waals surface area contributed by atoms with Crippen molar-refractivity contribution in [2.75, 3.05) is 13.2 Å². The summed E-state index contributed by atoms with van der Waals surface area (Å²) in [6, 6.07) is 0. The molecule has 0 amide bonds. The molecule has 0 radical (unpaired) electrons. The Kier molecular flexibility index (Phi) is 6.32. The van der Waals surface area contributed by atoms with Crippen molar-refractivity contribution in [2.45, 2.75) is 18.9 Å². The molecule has 0 fully saturated rings. The highest BCUT2D eigenvalue weighted by molar-refractivity contribution is 5.74. The number of rotatable bonds is 6. The van der Waals surface area contributed by atoms with E-state index < -0.39 is 12.1 Å². The maximum atomic E-state index is 10.8. The first kappa shape index (κ1) is 11.1. The zero-order valence-corrected chi connectivity index (χ0v) is 7.03. The maximum absolute atomic E-state index is 10.8. The summed E-state index contributed by atoms with van der Waals surface area (Å²) >= 11 is 0. The van der Waals surface area contributed by atoms with Crippen molar-refractivity contribution in [1.82, 2.24) is 0 Å². The van der Waals surface area contributed by atoms with Gasteiger partial charge < -0.3 is 15.6 Å². The fourth-order valence-corrected chi connectivity index (χ4v) is 0.666. The summed E-state index contributed by atoms with van der Waals surface area (Å²) in [4.78, 5) is 10.8. The van der Waals surface area contributed by atoms with Crippen molar-refractivity contribution in [2.24, 2.45) is 5.73 Å². The van der Waals surface area contributed by atoms with Crippen LogP contribution in [-0.2, 0) is 9.53 Å². The lowest BCUT2D eigenvalue weighted by atomic mass is 10.2. The predicted octanol–water partition coefficient (Wildman–Crippen LogP) is -0.185. The van der Waals surface area contributed by atoms with E-state index in [1.807, 2.05) is 0 Å². The van der Waals surface area contributed by atoms with Crippen LogP contribution in [0.4, 0.5) is 0 Å². The zero-order chi connectivity index (χ0) is 9.40. The number of carbonyl (C=O) groups is 1. The summed E-state index contributed by atoms with van der Waals surface area (Å²) in [5, 5.41) is 9.11. The fraction of sp³-hybridized carbons (Fsp3) is 0.625. The van der Waals surface area contributed by atoms with Gasteiger partial charge in [-0.05, 0) is 19.4 Å². The Hall–Kier alpha value is -0.870. The second-order valence-corrected chi connectivity index (χ2v) is 2.37. The van der Waals surface area contributed by atoms with Gasteiger partial charge in [0.15, 0.2) is 6.10 Å². The Morgan fingerprint density at radius 3 is 2.92 bits per heavy atom. The minimum absolute atomic E-state index is 0.137. The first-order valence-corrected chi connectivity index (χ1v) is 3.88. The van der Waals surface area contributed by atoms with Crippen molar-refractivity contribution >= 4 is 5.97 Å². The van der Waals surface area contributed by atoms with E-state index in [2.05, 4.69) is 11.3 Å². The monoisotopic (exact) mass is 173 g/mol. The minimum atomic E-state index is -1.05. The lowest BCUT2D eigenvalue weighted by Gasteiger charge is -2.07. The molecule has 0 aromatic heterocycles. The summed E-state index contributed by atoms with van der Waals surface area (Å²) in [6.45, 7) is 3.98. The van der Waals surface area contributed by atoms with Gasteiger partial charge in [-0.25, -0.2) is 4.79 Å². The van der Waals surface area contributed by atoms with Crippen LogP contribution in [0.5, 0.6) is 0 Å². The second kappa shape index (κ2) is 6.82. The molecule has 4 nitrogen and oxygen atoms in total. The van der Waals surface area contributed by atoms with Crippen LogP contribution >= 0.6 is 0 Å². The Morgan fingerprint density at radius 1 is 1.75 bits per heavy atom. The van der Waals surface area contributed by atoms with Gasteiger partial charge in [-0.3, -0.25) is 0 Å². The highest BCUT2D eigenvalue weighted by atomic mass is 16.5. The number of hydrogen-bond acceptors (Lipinski definition) is 4. The van der Waals surface area contributed by atoms with Gasteiger partial charge in [-0.1, -0.05) is 12.7 Å². The smallest absolute Gasteiger partial charge is 0.335 e. The van der Waals surface area contributed by atoms with E-state index in [9.17, 15) is 4.79 Å². The van der Waals surface area contributed by atoms with E-state index in [4.69, 9.17) is 10.8 Å². The molecule has 0 aromatic rings. The van der Waals surface area contributed by atoms with Gasteiger partial charge in [-0.15, -0.1) is 0 Å². The molecule has 4 heteroatoms. The topological polar surface area (TPSA) is 72.5 Å². The van der Waals surface area contributed by atoms with Crippen molar-refractivity contribution in [3.8, 4) is 0 Å². The highest BCUT2D eigenvalue weighted by Gasteiger charge is 2.14. The van der Waals surface area contributed by atoms with Gasteiger partial charge in [0.25, 0.3) is 0 Å². The van der Waals surface area contributed by atoms with Crippen LogP contribution in [0, 0.1) is 0 Å². The molecule has 3 N–H and O–H groups in total. The molecule has 70 valence electrons. The summed E-state index contributed by atoms with van der Waals surface area (Å²) in [5.41, 5.74) is 5.20. The van der Waals surface area contributed by atoms with Gasteiger partial charge in [0.1, 0.15) is 6.61 Å². The summed E-state index contributed by atoms with van der Waals surface area (Å²) < 4.78 is 4.60. The number of hydrogen-bond donors (Lipinski definition) is 2. The number of aliphatic hydroxyl groups excluding tert-OH is 1. The molecule has 0 aliphatic carbocycles. The Morgan fingerprint density at radius 2 is 2.42 bits per heavy atom. The van der Waals surface area contributed by atoms with Gasteiger partial charge in [0.05, 0.1) is 0 Å². The average Bonchev–Trinajstić information content (AvgIpc) is 2.10. The summed E-state index contributed by atoms with van der Waals surface area (Å²) in [7, 11) is 0. The molecule has 0 heterocycles. The van der Waals surface area contributed by atoms with Gasteiger partial charge in [0.2, 0.25) is 0 Å². The van der Waals surface area contributed by atoms with Gasteiger partial charge in [-0.2, -0.15) is 0 Å². The van der Waals surface area contributed by atoms with Crippen LogP contribution in [0.2, 0.25) is 0 Å². The molecule has 0 aliphatic heterocycles. The third-order valence-corrected chi connectivity index (χ3v) is 1.30. The molecular weight excluding hydrogens is 158 g/mol. The third-order valence-electron chi connectivity index (χ3n) is 1.30. The number of carbonyl (C=O) groups excluding carboxylic acids is 1. The largest absolute Gasteiger partial charge is 0.460 e. The molecule has 1 atom stereocenters. The summed E-state index contributed by atoms with van der Waals surface area (Å²) in [5.74, 6) is -0.608. The molecule has 0 spiro atoms. The van der Waals surface area contributed by atoms with Crippen molar-refractivity contribution in [3.63, 3.8) is 0 Å². The number of nitrogens with two attached hydrogens (primary N) is 1. The van der Waals surface area contributed by atoms with E-state index in [1.54, 1.807) is 0 Å². The van der Waals surface area contributed by atoms with Crippen molar-refractivity contribution in [3.05, 3.63) is 12.7 Å². The van der Waals surface area contributed by atoms with Crippen molar-refractivity contribution < 1.29 is 14.6 Å².